The number of aromatic nitrogens is 2. The summed E-state index contributed by atoms with van der Waals surface area (Å²) in [6.07, 6.45) is 5.95. The van der Waals surface area contributed by atoms with E-state index >= 15 is 0 Å². The second-order valence-corrected chi connectivity index (χ2v) is 36.6. The van der Waals surface area contributed by atoms with Crippen LogP contribution in [0.3, 0.4) is 0 Å². The Morgan fingerprint density at radius 2 is 0.624 bits per heavy atom. The van der Waals surface area contributed by atoms with Crippen molar-refractivity contribution >= 4 is 110 Å². The van der Waals surface area contributed by atoms with Crippen molar-refractivity contribution in [1.29, 1.82) is 0 Å². The number of urea groups is 1. The van der Waals surface area contributed by atoms with Crippen LogP contribution in [0.15, 0.2) is 388 Å². The lowest BCUT2D eigenvalue weighted by molar-refractivity contribution is -0.385. The highest BCUT2D eigenvalue weighted by Crippen LogP contribution is 2.33. The number of nitrogens with one attached hydrogen (secondary N) is 3. The molecule has 738 valence electrons. The number of amides is 3. The summed E-state index contributed by atoms with van der Waals surface area (Å²) in [7, 11) is -16.3. The van der Waals surface area contributed by atoms with Crippen molar-refractivity contribution in [1.82, 2.24) is 15.3 Å². The Kier molecular flexibility index (Phi) is 44.7. The number of nitro benzene ring substituents is 3. The van der Waals surface area contributed by atoms with Gasteiger partial charge in [-0.25, -0.2) is 100 Å². The maximum absolute atomic E-state index is 13.3. The fraction of sp³-hybridized carbons (Fsp3) is 0.0526. The van der Waals surface area contributed by atoms with Gasteiger partial charge in [0, 0.05) is 142 Å². The lowest BCUT2D eigenvalue weighted by atomic mass is 10.3. The first-order valence-corrected chi connectivity index (χ1v) is 45.6. The van der Waals surface area contributed by atoms with Crippen molar-refractivity contribution in [3.63, 3.8) is 0 Å². The molecule has 46 heteroatoms. The number of hydrogen-bond acceptors (Lipinski definition) is 23. The third kappa shape index (κ3) is 37.3. The molecule has 27 nitrogen and oxygen atoms in total. The number of anilines is 3. The maximum atomic E-state index is 13.3. The van der Waals surface area contributed by atoms with Gasteiger partial charge in [0.1, 0.15) is 81.4 Å². The number of rotatable bonds is 19. The highest BCUT2D eigenvalue weighted by Gasteiger charge is 2.25. The van der Waals surface area contributed by atoms with Gasteiger partial charge in [-0.05, 0) is 230 Å². The predicted octanol–water partition coefficient (Wildman–Crippen LogP) is 23.5. The number of nitrogens with two attached hydrogens (primary N) is 2. The molecule has 13 aromatic carbocycles. The third-order valence-electron chi connectivity index (χ3n) is 17.1. The Bertz CT molecular complexity index is 7120. The number of benzene rings is 13. The van der Waals surface area contributed by atoms with Gasteiger partial charge >= 0.3 is 12.1 Å². The van der Waals surface area contributed by atoms with E-state index in [9.17, 15) is 131 Å². The van der Waals surface area contributed by atoms with E-state index in [0.717, 1.165) is 132 Å². The van der Waals surface area contributed by atoms with Crippen molar-refractivity contribution in [2.24, 2.45) is 5.73 Å². The van der Waals surface area contributed by atoms with E-state index in [1.165, 1.54) is 109 Å². The molecular weight excluding hydrogens is 1990 g/mol. The van der Waals surface area contributed by atoms with Gasteiger partial charge in [0.25, 0.3) is 17.1 Å². The molecule has 0 aliphatic carbocycles. The lowest BCUT2D eigenvalue weighted by Gasteiger charge is -2.09. The average molecular weight is 2070 g/mol. The highest BCUT2D eigenvalue weighted by molar-refractivity contribution is 7.99. The Hall–Kier alpha value is -15.8. The van der Waals surface area contributed by atoms with Crippen LogP contribution in [-0.2, 0) is 52.4 Å². The standard InChI is InChI=1S/C19H15F2N3O3S.C19H13F2NO4S.C12H7F2NO4S.C12H9F2NO2S.C12H7F2NO2S.C6H4F2S.C6H4FNO2.C6H8N2.3CH4/c20-14-9-15(21)11-18(10-14)28(26,27)17-3-1-16(2-4-17)24-19(25)23-12-13-5-7-22-8-6-13;20-13-10-14(21)12-18(11-13)27(24,25)17-8-6-15(7-9-17)22-19(23)26-16-4-2-1-3-5-16;13-8-5-9(14)7-12(6-8)20(18,19)11-3-1-10(2-4-11)15(16)17;13-8-5-9(14)7-12(6-8)18(16,17)11-3-1-10(15)2-4-11;13-8-5-9(14)7-12(6-8)18-11-3-1-10(2-4-11)15(16)17;7-4-1-5(8)3-6(9)2-4;7-5-1-3-6(4-2-5)8(9)10;7-5-6-1-3-8-4-2-6;;;/h1-11H,12H2,(H2,23,24,25);1-12H,(H,22,23);1-7H;1-7H,15H2;1-7H;1-3,9H;1-4H;1-4H,5,7H2;3*1H4. The summed E-state index contributed by atoms with van der Waals surface area (Å²) in [6, 6.07) is 59.7. The number of carbonyl (C=O) groups excluding carboxylic acids is 2. The van der Waals surface area contributed by atoms with Crippen molar-refractivity contribution in [3.05, 3.63) is 451 Å². The minimum atomic E-state index is -4.13. The molecule has 7 N–H and O–H groups in total. The molecule has 3 amide bonds. The van der Waals surface area contributed by atoms with Crippen LogP contribution < -0.4 is 32.2 Å². The maximum Gasteiger partial charge on any atom is 0.417 e. The first-order valence-electron chi connectivity index (χ1n) is 38.4. The first-order chi connectivity index (χ1) is 65.2. The fourth-order valence-corrected chi connectivity index (χ4v) is 17.0. The fourth-order valence-electron chi connectivity index (χ4n) is 10.7. The second kappa shape index (κ2) is 54.4. The topological polar surface area (TPSA) is 423 Å². The highest BCUT2D eigenvalue weighted by atomic mass is 32.2. The Morgan fingerprint density at radius 3 is 0.936 bits per heavy atom. The monoisotopic (exact) mass is 2070 g/mol. The van der Waals surface area contributed by atoms with Gasteiger partial charge in [0.15, 0.2) is 0 Å². The number of para-hydroxylation sites is 1. The number of halogens is 13. The predicted molar refractivity (Wildman–Crippen MR) is 503 cm³/mol. The van der Waals surface area contributed by atoms with Crippen LogP contribution in [-0.4, -0.2) is 70.5 Å². The number of pyridine rings is 2. The Balaban J connectivity index is 0.000000292. The minimum Gasteiger partial charge on any atom is -0.410 e. The van der Waals surface area contributed by atoms with Crippen molar-refractivity contribution in [2.75, 3.05) is 16.4 Å². The molecule has 15 rings (SSSR count). The number of sulfone groups is 4. The van der Waals surface area contributed by atoms with E-state index in [2.05, 4.69) is 38.5 Å². The van der Waals surface area contributed by atoms with Gasteiger partial charge in [-0.3, -0.25) is 45.6 Å². The van der Waals surface area contributed by atoms with E-state index in [0.29, 0.717) is 87.0 Å². The van der Waals surface area contributed by atoms with Crippen LogP contribution in [0.2, 0.25) is 0 Å². The van der Waals surface area contributed by atoms with Gasteiger partial charge in [0.05, 0.1) is 53.9 Å². The van der Waals surface area contributed by atoms with E-state index < -0.39 is 161 Å². The zero-order chi connectivity index (χ0) is 101. The molecule has 0 radical (unpaired) electrons. The van der Waals surface area contributed by atoms with Crippen LogP contribution in [0.5, 0.6) is 5.75 Å². The Morgan fingerprint density at radius 1 is 0.340 bits per heavy atom. The molecule has 141 heavy (non-hydrogen) atoms. The number of nitrogen functional groups attached to an aromatic ring is 1. The molecular formula is C95H79F13N10O17S6. The number of non-ortho nitro benzene ring substituents is 3. The number of thiol groups is 1. The summed E-state index contributed by atoms with van der Waals surface area (Å²) >= 11 is 4.88. The number of nitrogens with zero attached hydrogens (tertiary/aromatic N) is 5. The van der Waals surface area contributed by atoms with Gasteiger partial charge in [-0.2, -0.15) is 0 Å². The van der Waals surface area contributed by atoms with Gasteiger partial charge < -0.3 is 26.8 Å². The Labute approximate surface area is 808 Å². The molecule has 2 heterocycles. The van der Waals surface area contributed by atoms with Gasteiger partial charge in [-0.15, -0.1) is 12.6 Å². The zero-order valence-corrected chi connectivity index (χ0v) is 74.9. The summed E-state index contributed by atoms with van der Waals surface area (Å²) in [5.74, 6) is -10.5. The molecule has 0 unspecified atom stereocenters. The van der Waals surface area contributed by atoms with Gasteiger partial charge in [-0.1, -0.05) is 52.2 Å². The number of carbonyl (C=O) groups is 2. The van der Waals surface area contributed by atoms with E-state index in [4.69, 9.17) is 16.2 Å². The third-order valence-corrected chi connectivity index (χ3v) is 25.3. The van der Waals surface area contributed by atoms with Crippen LogP contribution in [0.4, 0.5) is 101 Å². The lowest BCUT2D eigenvalue weighted by Crippen LogP contribution is -2.28. The van der Waals surface area contributed by atoms with Crippen LogP contribution in [0.25, 0.3) is 0 Å². The summed E-state index contributed by atoms with van der Waals surface area (Å²) in [4.78, 5) is 59.4. The van der Waals surface area contributed by atoms with E-state index in [1.807, 2.05) is 12.1 Å². The van der Waals surface area contributed by atoms with Crippen LogP contribution >= 0.6 is 24.4 Å². The van der Waals surface area contributed by atoms with Gasteiger partial charge in [0.2, 0.25) is 39.3 Å². The molecule has 0 fully saturated rings. The van der Waals surface area contributed by atoms with Crippen LogP contribution in [0, 0.1) is 106 Å². The number of hydrogen-bond donors (Lipinski definition) is 6. The quantitative estimate of drug-likeness (QED) is 0.0144. The molecule has 0 aliphatic rings. The molecule has 0 saturated heterocycles. The number of ether oxygens (including phenoxy) is 1. The molecule has 0 bridgehead atoms. The summed E-state index contributed by atoms with van der Waals surface area (Å²) in [5, 5.41) is 38.6. The smallest absolute Gasteiger partial charge is 0.410 e. The zero-order valence-electron chi connectivity index (χ0n) is 69.9. The molecule has 0 saturated carbocycles. The van der Waals surface area contributed by atoms with E-state index in [1.54, 1.807) is 67.3 Å². The SMILES string of the molecule is C.C.C.Fc1cc(F)cc(S)c1.NCc1ccncc1.Nc1ccc(S(=O)(=O)c2cc(F)cc(F)c2)cc1.O=C(NCc1ccncc1)Nc1ccc(S(=O)(=O)c2cc(F)cc(F)c2)cc1.O=C(Nc1ccc(S(=O)(=O)c2cc(F)cc(F)c2)cc1)Oc1ccccc1.O=[N+]([O-])c1ccc(F)cc1.O=[N+]([O-])c1ccc(S(=O)(=O)c2cc(F)cc(F)c2)cc1.O=[N+]([O-])c1ccc(Sc2cc(F)cc(F)c2)cc1. The van der Waals surface area contributed by atoms with Crippen LogP contribution in [0.1, 0.15) is 33.4 Å². The number of nitro groups is 3. The molecule has 0 aliphatic heterocycles. The van der Waals surface area contributed by atoms with Crippen molar-refractivity contribution < 1.29 is 120 Å². The molecule has 2 aromatic heterocycles. The summed E-state index contributed by atoms with van der Waals surface area (Å²) in [6.45, 7) is 0.897. The second-order valence-electron chi connectivity index (χ2n) is 27.2. The summed E-state index contributed by atoms with van der Waals surface area (Å²) in [5.41, 5.74) is 13.4. The first kappa shape index (κ1) is 116. The minimum absolute atomic E-state index is 0. The normalized spacial score (nSPS) is 10.5. The molecule has 0 spiro atoms. The largest absolute Gasteiger partial charge is 0.417 e. The van der Waals surface area contributed by atoms with E-state index in [-0.39, 0.29) is 58.9 Å². The summed E-state index contributed by atoms with van der Waals surface area (Å²) < 4.78 is 271. The molecule has 0 atom stereocenters. The average Bonchev–Trinajstić information content (AvgIpc) is 0.800. The molecule has 15 aromatic rings. The van der Waals surface area contributed by atoms with Crippen molar-refractivity contribution in [2.45, 2.75) is 89.2 Å². The van der Waals surface area contributed by atoms with Crippen molar-refractivity contribution in [3.8, 4) is 5.75 Å².